The Morgan fingerprint density at radius 2 is 2.26 bits per heavy atom. The molecule has 1 aliphatic heterocycles. The Morgan fingerprint density at radius 1 is 1.53 bits per heavy atom. The molecule has 19 heavy (non-hydrogen) atoms. The highest BCUT2D eigenvalue weighted by molar-refractivity contribution is 6.00. The largest absolute Gasteiger partial charge is 0.496 e. The fourth-order valence-electron chi connectivity index (χ4n) is 2.49. The van der Waals surface area contributed by atoms with E-state index in [9.17, 15) is 9.90 Å². The van der Waals surface area contributed by atoms with Crippen LogP contribution in [-0.2, 0) is 0 Å². The molecule has 1 heterocycles. The third-order valence-electron chi connectivity index (χ3n) is 3.56. The molecule has 4 heteroatoms. The maximum absolute atomic E-state index is 12.3. The summed E-state index contributed by atoms with van der Waals surface area (Å²) in [6.07, 6.45) is 0.714. The molecular formula is C15H21NO3. The summed E-state index contributed by atoms with van der Waals surface area (Å²) in [4.78, 5) is 14.3. The standard InChI is InChI=1S/C15H21NO3/c1-11-4-5-12(14(8-11)19-3)13(17)9-16-7-6-15(2,18)10-16/h4-5,8,18H,6-7,9-10H2,1-3H3. The average molecular weight is 263 g/mol. The maximum Gasteiger partial charge on any atom is 0.180 e. The molecule has 104 valence electrons. The molecule has 1 saturated heterocycles. The Labute approximate surface area is 114 Å². The van der Waals surface area contributed by atoms with Gasteiger partial charge in [-0.05, 0) is 38.0 Å². The summed E-state index contributed by atoms with van der Waals surface area (Å²) in [5.74, 6) is 0.658. The number of methoxy groups -OCH3 is 1. The zero-order valence-electron chi connectivity index (χ0n) is 11.8. The molecule has 0 saturated carbocycles. The highest BCUT2D eigenvalue weighted by atomic mass is 16.5. The first-order valence-corrected chi connectivity index (χ1v) is 6.54. The van der Waals surface area contributed by atoms with Gasteiger partial charge in [-0.15, -0.1) is 0 Å². The van der Waals surface area contributed by atoms with Crippen molar-refractivity contribution in [2.75, 3.05) is 26.7 Å². The van der Waals surface area contributed by atoms with Gasteiger partial charge in [0.15, 0.2) is 5.78 Å². The molecule has 1 fully saturated rings. The highest BCUT2D eigenvalue weighted by Gasteiger charge is 2.32. The van der Waals surface area contributed by atoms with Gasteiger partial charge >= 0.3 is 0 Å². The van der Waals surface area contributed by atoms with E-state index in [0.717, 1.165) is 12.1 Å². The smallest absolute Gasteiger partial charge is 0.180 e. The summed E-state index contributed by atoms with van der Waals surface area (Å²) in [6.45, 7) is 5.41. The van der Waals surface area contributed by atoms with Crippen LogP contribution in [0.15, 0.2) is 18.2 Å². The number of β-amino-alcohol motifs (C(OH)–C–C–N with tert-alkyl or cyclic N) is 1. The lowest BCUT2D eigenvalue weighted by atomic mass is 10.1. The molecule has 1 N–H and O–H groups in total. The van der Waals surface area contributed by atoms with E-state index in [-0.39, 0.29) is 5.78 Å². The van der Waals surface area contributed by atoms with E-state index >= 15 is 0 Å². The van der Waals surface area contributed by atoms with Crippen molar-refractivity contribution in [3.8, 4) is 5.75 Å². The second-order valence-corrected chi connectivity index (χ2v) is 5.58. The minimum atomic E-state index is -0.669. The van der Waals surface area contributed by atoms with Crippen molar-refractivity contribution < 1.29 is 14.6 Å². The van der Waals surface area contributed by atoms with Crippen LogP contribution in [0.1, 0.15) is 29.3 Å². The predicted octanol–water partition coefficient (Wildman–Crippen LogP) is 1.64. The number of nitrogens with zero attached hydrogens (tertiary/aromatic N) is 1. The van der Waals surface area contributed by atoms with Gasteiger partial charge in [-0.3, -0.25) is 9.69 Å². The molecular weight excluding hydrogens is 242 g/mol. The van der Waals surface area contributed by atoms with Gasteiger partial charge in [0, 0.05) is 13.1 Å². The maximum atomic E-state index is 12.3. The molecule has 4 nitrogen and oxygen atoms in total. The summed E-state index contributed by atoms with van der Waals surface area (Å²) in [6, 6.07) is 5.59. The molecule has 1 aromatic rings. The SMILES string of the molecule is COc1cc(C)ccc1C(=O)CN1CCC(C)(O)C1. The van der Waals surface area contributed by atoms with Gasteiger partial charge in [-0.2, -0.15) is 0 Å². The van der Waals surface area contributed by atoms with Gasteiger partial charge < -0.3 is 9.84 Å². The van der Waals surface area contributed by atoms with Crippen molar-refractivity contribution in [2.45, 2.75) is 25.9 Å². The molecule has 0 spiro atoms. The van der Waals surface area contributed by atoms with Crippen LogP contribution in [0.25, 0.3) is 0 Å². The molecule has 2 rings (SSSR count). The van der Waals surface area contributed by atoms with E-state index in [0.29, 0.717) is 30.8 Å². The minimum Gasteiger partial charge on any atom is -0.496 e. The number of carbonyl (C=O) groups is 1. The lowest BCUT2D eigenvalue weighted by Gasteiger charge is -2.18. The summed E-state index contributed by atoms with van der Waals surface area (Å²) in [5, 5.41) is 9.91. The van der Waals surface area contributed by atoms with Crippen molar-refractivity contribution in [2.24, 2.45) is 0 Å². The highest BCUT2D eigenvalue weighted by Crippen LogP contribution is 2.23. The number of hydrogen-bond donors (Lipinski definition) is 1. The monoisotopic (exact) mass is 263 g/mol. The van der Waals surface area contributed by atoms with Crippen LogP contribution in [-0.4, -0.2) is 48.1 Å². The van der Waals surface area contributed by atoms with E-state index in [4.69, 9.17) is 4.74 Å². The topological polar surface area (TPSA) is 49.8 Å². The van der Waals surface area contributed by atoms with Crippen molar-refractivity contribution in [1.82, 2.24) is 4.90 Å². The van der Waals surface area contributed by atoms with Crippen LogP contribution in [0.2, 0.25) is 0 Å². The second-order valence-electron chi connectivity index (χ2n) is 5.58. The second kappa shape index (κ2) is 5.31. The van der Waals surface area contributed by atoms with Crippen LogP contribution >= 0.6 is 0 Å². The van der Waals surface area contributed by atoms with Gasteiger partial charge in [0.1, 0.15) is 5.75 Å². The van der Waals surface area contributed by atoms with Crippen molar-refractivity contribution in [3.05, 3.63) is 29.3 Å². The van der Waals surface area contributed by atoms with Crippen molar-refractivity contribution in [3.63, 3.8) is 0 Å². The van der Waals surface area contributed by atoms with Crippen molar-refractivity contribution >= 4 is 5.78 Å². The Kier molecular flexibility index (Phi) is 3.92. The predicted molar refractivity (Wildman–Crippen MR) is 73.7 cm³/mol. The molecule has 1 atom stereocenters. The number of carbonyl (C=O) groups excluding carboxylic acids is 1. The summed E-state index contributed by atoms with van der Waals surface area (Å²) in [5.41, 5.74) is 1.01. The molecule has 0 aliphatic carbocycles. The first-order chi connectivity index (χ1) is 8.91. The molecule has 0 radical (unpaired) electrons. The molecule has 1 unspecified atom stereocenters. The molecule has 0 aromatic heterocycles. The number of Topliss-reactive ketones (excluding diaryl/α,β-unsaturated/α-hetero) is 1. The third kappa shape index (κ3) is 3.33. The lowest BCUT2D eigenvalue weighted by molar-refractivity contribution is 0.0669. The number of likely N-dealkylation sites (tertiary alicyclic amines) is 1. The Morgan fingerprint density at radius 3 is 2.84 bits per heavy atom. The van der Waals surface area contributed by atoms with Crippen LogP contribution in [0.4, 0.5) is 0 Å². The summed E-state index contributed by atoms with van der Waals surface area (Å²) >= 11 is 0. The van der Waals surface area contributed by atoms with Gasteiger partial charge in [0.05, 0.1) is 24.8 Å². The molecule has 1 aliphatic rings. The Bertz CT molecular complexity index is 482. The van der Waals surface area contributed by atoms with E-state index in [1.165, 1.54) is 0 Å². The van der Waals surface area contributed by atoms with Crippen LogP contribution < -0.4 is 4.74 Å². The van der Waals surface area contributed by atoms with Gasteiger partial charge in [-0.1, -0.05) is 6.07 Å². The Balaban J connectivity index is 2.08. The number of benzene rings is 1. The number of ketones is 1. The molecule has 0 amide bonds. The van der Waals surface area contributed by atoms with Gasteiger partial charge in [0.2, 0.25) is 0 Å². The van der Waals surface area contributed by atoms with Crippen LogP contribution in [0, 0.1) is 6.92 Å². The first kappa shape index (κ1) is 14.0. The van der Waals surface area contributed by atoms with Crippen LogP contribution in [0.3, 0.4) is 0 Å². The number of rotatable bonds is 4. The zero-order chi connectivity index (χ0) is 14.0. The number of hydrogen-bond acceptors (Lipinski definition) is 4. The zero-order valence-corrected chi connectivity index (χ0v) is 11.8. The number of ether oxygens (including phenoxy) is 1. The van der Waals surface area contributed by atoms with E-state index in [1.807, 2.05) is 36.9 Å². The number of aliphatic hydroxyl groups is 1. The van der Waals surface area contributed by atoms with Gasteiger partial charge in [-0.25, -0.2) is 0 Å². The lowest BCUT2D eigenvalue weighted by Crippen LogP contribution is -2.33. The van der Waals surface area contributed by atoms with E-state index in [2.05, 4.69) is 0 Å². The number of aryl methyl sites for hydroxylation is 1. The third-order valence-corrected chi connectivity index (χ3v) is 3.56. The van der Waals surface area contributed by atoms with Crippen molar-refractivity contribution in [1.29, 1.82) is 0 Å². The van der Waals surface area contributed by atoms with E-state index in [1.54, 1.807) is 7.11 Å². The first-order valence-electron chi connectivity index (χ1n) is 6.54. The Hall–Kier alpha value is -1.39. The van der Waals surface area contributed by atoms with E-state index < -0.39 is 5.60 Å². The average Bonchev–Trinajstić information content (AvgIpc) is 2.68. The van der Waals surface area contributed by atoms with Gasteiger partial charge in [0.25, 0.3) is 0 Å². The minimum absolute atomic E-state index is 0.0366. The summed E-state index contributed by atoms with van der Waals surface area (Å²) in [7, 11) is 1.58. The van der Waals surface area contributed by atoms with Crippen LogP contribution in [0.5, 0.6) is 5.75 Å². The fourth-order valence-corrected chi connectivity index (χ4v) is 2.49. The fraction of sp³-hybridized carbons (Fsp3) is 0.533. The summed E-state index contributed by atoms with van der Waals surface area (Å²) < 4.78 is 5.26. The normalized spacial score (nSPS) is 23.6. The molecule has 1 aromatic carbocycles. The molecule has 0 bridgehead atoms. The quantitative estimate of drug-likeness (QED) is 0.839.